The highest BCUT2D eigenvalue weighted by Gasteiger charge is 2.14. The van der Waals surface area contributed by atoms with Crippen LogP contribution in [0.1, 0.15) is 41.7 Å². The van der Waals surface area contributed by atoms with Crippen LogP contribution >= 0.6 is 11.3 Å². The standard InChI is InChI=1S/C17H21NOS/c1-3-14(15-8-6-13(2)7-9-15)11-17(19)18-12-16-5-4-10-20-16/h4-10,14H,3,11-12H2,1-2H3,(H,18,19). The van der Waals surface area contributed by atoms with Crippen LogP contribution in [0.5, 0.6) is 0 Å². The van der Waals surface area contributed by atoms with E-state index in [0.717, 1.165) is 6.42 Å². The molecule has 1 N–H and O–H groups in total. The lowest BCUT2D eigenvalue weighted by Crippen LogP contribution is -2.24. The second kappa shape index (κ2) is 7.25. The van der Waals surface area contributed by atoms with E-state index in [4.69, 9.17) is 0 Å². The number of carbonyl (C=O) groups is 1. The van der Waals surface area contributed by atoms with Crippen LogP contribution in [0.3, 0.4) is 0 Å². The van der Waals surface area contributed by atoms with Crippen LogP contribution in [0.4, 0.5) is 0 Å². The minimum atomic E-state index is 0.130. The van der Waals surface area contributed by atoms with Gasteiger partial charge in [-0.05, 0) is 36.3 Å². The molecule has 1 heterocycles. The molecule has 106 valence electrons. The molecule has 0 fully saturated rings. The van der Waals surface area contributed by atoms with Gasteiger partial charge in [0.25, 0.3) is 0 Å². The van der Waals surface area contributed by atoms with Gasteiger partial charge in [-0.25, -0.2) is 0 Å². The molecule has 0 radical (unpaired) electrons. The number of nitrogens with one attached hydrogen (secondary N) is 1. The van der Waals surface area contributed by atoms with E-state index < -0.39 is 0 Å². The van der Waals surface area contributed by atoms with Crippen molar-refractivity contribution in [2.75, 3.05) is 0 Å². The Morgan fingerprint density at radius 1 is 1.25 bits per heavy atom. The van der Waals surface area contributed by atoms with Gasteiger partial charge in [-0.15, -0.1) is 11.3 Å². The molecule has 0 saturated heterocycles. The second-order valence-corrected chi connectivity index (χ2v) is 6.11. The summed E-state index contributed by atoms with van der Waals surface area (Å²) in [5, 5.41) is 5.03. The summed E-state index contributed by atoms with van der Waals surface area (Å²) in [7, 11) is 0. The fraction of sp³-hybridized carbons (Fsp3) is 0.353. The molecule has 1 aromatic heterocycles. The van der Waals surface area contributed by atoms with Crippen molar-refractivity contribution in [3.63, 3.8) is 0 Å². The van der Waals surface area contributed by atoms with E-state index in [-0.39, 0.29) is 5.91 Å². The van der Waals surface area contributed by atoms with Gasteiger partial charge in [0.1, 0.15) is 0 Å². The lowest BCUT2D eigenvalue weighted by molar-refractivity contribution is -0.121. The largest absolute Gasteiger partial charge is 0.351 e. The van der Waals surface area contributed by atoms with Gasteiger partial charge < -0.3 is 5.32 Å². The monoisotopic (exact) mass is 287 g/mol. The van der Waals surface area contributed by atoms with Crippen molar-refractivity contribution < 1.29 is 4.79 Å². The van der Waals surface area contributed by atoms with Crippen LogP contribution in [0.2, 0.25) is 0 Å². The molecule has 20 heavy (non-hydrogen) atoms. The SMILES string of the molecule is CCC(CC(=O)NCc1cccs1)c1ccc(C)cc1. The van der Waals surface area contributed by atoms with Gasteiger partial charge in [0, 0.05) is 11.3 Å². The van der Waals surface area contributed by atoms with E-state index in [1.54, 1.807) is 11.3 Å². The molecule has 0 spiro atoms. The minimum absolute atomic E-state index is 0.130. The predicted molar refractivity (Wildman–Crippen MR) is 85.0 cm³/mol. The zero-order valence-electron chi connectivity index (χ0n) is 12.1. The third-order valence-electron chi connectivity index (χ3n) is 3.51. The lowest BCUT2D eigenvalue weighted by Gasteiger charge is -2.15. The van der Waals surface area contributed by atoms with Crippen molar-refractivity contribution in [3.8, 4) is 0 Å². The van der Waals surface area contributed by atoms with Gasteiger partial charge in [-0.2, -0.15) is 0 Å². The van der Waals surface area contributed by atoms with Crippen molar-refractivity contribution >= 4 is 17.2 Å². The fourth-order valence-corrected chi connectivity index (χ4v) is 2.88. The van der Waals surface area contributed by atoms with Crippen LogP contribution in [-0.4, -0.2) is 5.91 Å². The summed E-state index contributed by atoms with van der Waals surface area (Å²) in [4.78, 5) is 13.2. The van der Waals surface area contributed by atoms with E-state index in [9.17, 15) is 4.79 Å². The summed E-state index contributed by atoms with van der Waals surface area (Å²) in [5.74, 6) is 0.435. The highest BCUT2D eigenvalue weighted by atomic mass is 32.1. The maximum Gasteiger partial charge on any atom is 0.220 e. The van der Waals surface area contributed by atoms with E-state index >= 15 is 0 Å². The summed E-state index contributed by atoms with van der Waals surface area (Å²) >= 11 is 1.67. The number of rotatable bonds is 6. The zero-order chi connectivity index (χ0) is 14.4. The van der Waals surface area contributed by atoms with E-state index in [1.807, 2.05) is 17.5 Å². The number of amides is 1. The molecule has 0 saturated carbocycles. The normalized spacial score (nSPS) is 12.1. The molecule has 3 heteroatoms. The topological polar surface area (TPSA) is 29.1 Å². The maximum absolute atomic E-state index is 12.0. The number of benzene rings is 1. The van der Waals surface area contributed by atoms with Crippen LogP contribution in [0.25, 0.3) is 0 Å². The zero-order valence-corrected chi connectivity index (χ0v) is 12.9. The smallest absolute Gasteiger partial charge is 0.220 e. The summed E-state index contributed by atoms with van der Waals surface area (Å²) in [6.45, 7) is 4.86. The Kier molecular flexibility index (Phi) is 5.36. The average molecular weight is 287 g/mol. The lowest BCUT2D eigenvalue weighted by atomic mass is 9.92. The predicted octanol–water partition coefficient (Wildman–Crippen LogP) is 4.26. The number of hydrogen-bond acceptors (Lipinski definition) is 2. The van der Waals surface area contributed by atoms with Gasteiger partial charge in [0.05, 0.1) is 6.54 Å². The summed E-state index contributed by atoms with van der Waals surface area (Å²) in [5.41, 5.74) is 2.51. The van der Waals surface area contributed by atoms with Crippen LogP contribution in [0.15, 0.2) is 41.8 Å². The maximum atomic E-state index is 12.0. The van der Waals surface area contributed by atoms with E-state index in [0.29, 0.717) is 18.9 Å². The Morgan fingerprint density at radius 2 is 2.00 bits per heavy atom. The molecule has 1 aromatic carbocycles. The molecule has 2 rings (SSSR count). The Hall–Kier alpha value is -1.61. The van der Waals surface area contributed by atoms with Gasteiger partial charge in [0.2, 0.25) is 5.91 Å². The molecule has 1 atom stereocenters. The molecule has 1 amide bonds. The minimum Gasteiger partial charge on any atom is -0.351 e. The molecule has 2 aromatic rings. The Bertz CT molecular complexity index is 531. The van der Waals surface area contributed by atoms with E-state index in [1.165, 1.54) is 16.0 Å². The van der Waals surface area contributed by atoms with Crippen LogP contribution in [0, 0.1) is 6.92 Å². The number of carbonyl (C=O) groups excluding carboxylic acids is 1. The third kappa shape index (κ3) is 4.20. The van der Waals surface area contributed by atoms with Gasteiger partial charge >= 0.3 is 0 Å². The first kappa shape index (κ1) is 14.8. The molecule has 0 aliphatic carbocycles. The molecule has 1 unspecified atom stereocenters. The Morgan fingerprint density at radius 3 is 2.60 bits per heavy atom. The van der Waals surface area contributed by atoms with Gasteiger partial charge in [-0.1, -0.05) is 42.8 Å². The molecular weight excluding hydrogens is 266 g/mol. The quantitative estimate of drug-likeness (QED) is 0.845. The molecule has 2 nitrogen and oxygen atoms in total. The second-order valence-electron chi connectivity index (χ2n) is 5.08. The first-order valence-corrected chi connectivity index (χ1v) is 7.92. The average Bonchev–Trinajstić information content (AvgIpc) is 2.97. The first-order chi connectivity index (χ1) is 9.69. The highest BCUT2D eigenvalue weighted by molar-refractivity contribution is 7.09. The van der Waals surface area contributed by atoms with Crippen molar-refractivity contribution in [2.45, 2.75) is 39.2 Å². The molecule has 0 bridgehead atoms. The first-order valence-electron chi connectivity index (χ1n) is 7.04. The van der Waals surface area contributed by atoms with Gasteiger partial charge in [-0.3, -0.25) is 4.79 Å². The number of aryl methyl sites for hydroxylation is 1. The Balaban J connectivity index is 1.89. The van der Waals surface area contributed by atoms with Crippen molar-refractivity contribution in [2.24, 2.45) is 0 Å². The number of hydrogen-bond donors (Lipinski definition) is 1. The van der Waals surface area contributed by atoms with Crippen molar-refractivity contribution in [1.29, 1.82) is 0 Å². The third-order valence-corrected chi connectivity index (χ3v) is 4.39. The van der Waals surface area contributed by atoms with Crippen molar-refractivity contribution in [3.05, 3.63) is 57.8 Å². The Labute approximate surface area is 124 Å². The number of thiophene rings is 1. The van der Waals surface area contributed by atoms with Crippen LogP contribution in [-0.2, 0) is 11.3 Å². The van der Waals surface area contributed by atoms with Crippen LogP contribution < -0.4 is 5.32 Å². The molecule has 0 aliphatic rings. The molecule has 0 aliphatic heterocycles. The van der Waals surface area contributed by atoms with Gasteiger partial charge in [0.15, 0.2) is 0 Å². The summed E-state index contributed by atoms with van der Waals surface area (Å²) in [6.07, 6.45) is 1.54. The van der Waals surface area contributed by atoms with Crippen molar-refractivity contribution in [1.82, 2.24) is 5.32 Å². The summed E-state index contributed by atoms with van der Waals surface area (Å²) < 4.78 is 0. The highest BCUT2D eigenvalue weighted by Crippen LogP contribution is 2.23. The molecular formula is C17H21NOS. The summed E-state index contributed by atoms with van der Waals surface area (Å²) in [6, 6.07) is 12.5. The fourth-order valence-electron chi connectivity index (χ4n) is 2.23. The van der Waals surface area contributed by atoms with E-state index in [2.05, 4.69) is 43.4 Å².